The van der Waals surface area contributed by atoms with E-state index in [9.17, 15) is 8.42 Å². The molecule has 0 bridgehead atoms. The first-order valence-corrected chi connectivity index (χ1v) is 6.54. The molecule has 0 saturated heterocycles. The fourth-order valence-electron chi connectivity index (χ4n) is 1.41. The maximum Gasteiger partial charge on any atom is 0.176 e. The maximum atomic E-state index is 11.6. The summed E-state index contributed by atoms with van der Waals surface area (Å²) < 4.78 is 23.1. The fourth-order valence-corrected chi connectivity index (χ4v) is 2.30. The van der Waals surface area contributed by atoms with Crippen LogP contribution in [0.4, 0.5) is 0 Å². The number of rotatable bonds is 2. The number of nitrogens with zero attached hydrogens (tertiary/aromatic N) is 2. The van der Waals surface area contributed by atoms with Crippen LogP contribution in [0.25, 0.3) is 11.4 Å². The van der Waals surface area contributed by atoms with Crippen LogP contribution in [-0.2, 0) is 9.84 Å². The molecule has 4 nitrogen and oxygen atoms in total. The lowest BCUT2D eigenvalue weighted by Gasteiger charge is -2.05. The van der Waals surface area contributed by atoms with E-state index < -0.39 is 9.84 Å². The second-order valence-corrected chi connectivity index (χ2v) is 5.32. The van der Waals surface area contributed by atoms with E-state index in [1.807, 2.05) is 0 Å². The van der Waals surface area contributed by atoms with Crippen molar-refractivity contribution in [2.24, 2.45) is 0 Å². The second-order valence-electron chi connectivity index (χ2n) is 3.34. The zero-order valence-corrected chi connectivity index (χ0v) is 9.48. The van der Waals surface area contributed by atoms with Crippen LogP contribution in [0.15, 0.2) is 47.6 Å². The molecule has 2 rings (SSSR count). The summed E-state index contributed by atoms with van der Waals surface area (Å²) in [5.74, 6) is 0.420. The molecule has 0 fully saturated rings. The van der Waals surface area contributed by atoms with Crippen LogP contribution < -0.4 is 0 Å². The quantitative estimate of drug-likeness (QED) is 0.791. The average molecular weight is 234 g/mol. The van der Waals surface area contributed by atoms with E-state index in [0.29, 0.717) is 11.4 Å². The Morgan fingerprint density at radius 3 is 2.25 bits per heavy atom. The minimum atomic E-state index is -3.26. The third kappa shape index (κ3) is 2.09. The van der Waals surface area contributed by atoms with Crippen molar-refractivity contribution in [1.29, 1.82) is 0 Å². The second kappa shape index (κ2) is 4.02. The normalized spacial score (nSPS) is 11.3. The highest BCUT2D eigenvalue weighted by atomic mass is 32.2. The molecule has 2 aromatic rings. The van der Waals surface area contributed by atoms with E-state index in [-0.39, 0.29) is 4.90 Å². The van der Waals surface area contributed by atoms with E-state index >= 15 is 0 Å². The largest absolute Gasteiger partial charge is 0.237 e. The molecule has 0 radical (unpaired) electrons. The molecule has 0 atom stereocenters. The van der Waals surface area contributed by atoms with Crippen molar-refractivity contribution in [3.05, 3.63) is 42.7 Å². The van der Waals surface area contributed by atoms with Crippen molar-refractivity contribution in [1.82, 2.24) is 9.97 Å². The predicted octanol–water partition coefficient (Wildman–Crippen LogP) is 1.55. The molecule has 82 valence electrons. The van der Waals surface area contributed by atoms with Gasteiger partial charge in [0.2, 0.25) is 0 Å². The Bertz CT molecular complexity index is 594. The Morgan fingerprint density at radius 2 is 1.62 bits per heavy atom. The van der Waals surface area contributed by atoms with Crippen LogP contribution in [0.2, 0.25) is 0 Å². The lowest BCUT2D eigenvalue weighted by Crippen LogP contribution is -2.01. The van der Waals surface area contributed by atoms with E-state index in [0.717, 1.165) is 0 Å². The molecule has 0 spiro atoms. The van der Waals surface area contributed by atoms with Crippen molar-refractivity contribution < 1.29 is 8.42 Å². The SMILES string of the molecule is CS(=O)(=O)c1ccccc1-c1ncccn1. The standard InChI is InChI=1S/C11H10N2O2S/c1-16(14,15)10-6-3-2-5-9(10)11-12-7-4-8-13-11/h2-8H,1H3. The Hall–Kier alpha value is -1.75. The van der Waals surface area contributed by atoms with Crippen LogP contribution in [0.1, 0.15) is 0 Å². The highest BCUT2D eigenvalue weighted by Gasteiger charge is 2.14. The first-order valence-electron chi connectivity index (χ1n) is 4.65. The third-order valence-electron chi connectivity index (χ3n) is 2.09. The van der Waals surface area contributed by atoms with Gasteiger partial charge in [-0.15, -0.1) is 0 Å². The van der Waals surface area contributed by atoms with E-state index in [1.165, 1.54) is 6.26 Å². The Balaban J connectivity index is 2.68. The Morgan fingerprint density at radius 1 is 1.00 bits per heavy atom. The zero-order valence-electron chi connectivity index (χ0n) is 8.66. The highest BCUT2D eigenvalue weighted by molar-refractivity contribution is 7.90. The van der Waals surface area contributed by atoms with Crippen LogP contribution in [0.3, 0.4) is 0 Å². The summed E-state index contributed by atoms with van der Waals surface area (Å²) in [4.78, 5) is 8.35. The summed E-state index contributed by atoms with van der Waals surface area (Å²) in [5, 5.41) is 0. The summed E-state index contributed by atoms with van der Waals surface area (Å²) in [6, 6.07) is 8.39. The van der Waals surface area contributed by atoms with Gasteiger partial charge in [-0.05, 0) is 18.2 Å². The summed E-state index contributed by atoms with van der Waals surface area (Å²) >= 11 is 0. The minimum absolute atomic E-state index is 0.251. The van der Waals surface area contributed by atoms with Gasteiger partial charge in [0.1, 0.15) is 0 Å². The zero-order chi connectivity index (χ0) is 11.6. The van der Waals surface area contributed by atoms with Gasteiger partial charge in [0.15, 0.2) is 15.7 Å². The van der Waals surface area contributed by atoms with Gasteiger partial charge in [-0.25, -0.2) is 18.4 Å². The monoisotopic (exact) mass is 234 g/mol. The summed E-state index contributed by atoms with van der Waals surface area (Å²) in [6.45, 7) is 0. The molecule has 16 heavy (non-hydrogen) atoms. The lowest BCUT2D eigenvalue weighted by atomic mass is 10.2. The van der Waals surface area contributed by atoms with Crippen molar-refractivity contribution >= 4 is 9.84 Å². The molecular formula is C11H10N2O2S. The van der Waals surface area contributed by atoms with Crippen molar-refractivity contribution in [3.8, 4) is 11.4 Å². The van der Waals surface area contributed by atoms with Gasteiger partial charge >= 0.3 is 0 Å². The molecule has 0 aliphatic rings. The summed E-state index contributed by atoms with van der Waals surface area (Å²) in [5.41, 5.74) is 0.533. The number of hydrogen-bond donors (Lipinski definition) is 0. The van der Waals surface area contributed by atoms with Gasteiger partial charge in [-0.3, -0.25) is 0 Å². The molecular weight excluding hydrogens is 224 g/mol. The molecule has 0 unspecified atom stereocenters. The molecule has 1 aromatic heterocycles. The third-order valence-corrected chi connectivity index (χ3v) is 3.25. The summed E-state index contributed by atoms with van der Waals surface area (Å²) in [6.07, 6.45) is 4.34. The van der Waals surface area contributed by atoms with Crippen LogP contribution in [0, 0.1) is 0 Å². The van der Waals surface area contributed by atoms with Crippen molar-refractivity contribution in [2.45, 2.75) is 4.90 Å². The highest BCUT2D eigenvalue weighted by Crippen LogP contribution is 2.23. The van der Waals surface area contributed by atoms with Crippen LogP contribution >= 0.6 is 0 Å². The van der Waals surface area contributed by atoms with E-state index in [2.05, 4.69) is 9.97 Å². The Labute approximate surface area is 93.9 Å². The number of benzene rings is 1. The molecule has 0 N–H and O–H groups in total. The number of aromatic nitrogens is 2. The molecule has 1 heterocycles. The maximum absolute atomic E-state index is 11.6. The molecule has 0 amide bonds. The first kappa shape index (κ1) is 10.8. The molecule has 1 aromatic carbocycles. The summed E-state index contributed by atoms with van der Waals surface area (Å²) in [7, 11) is -3.26. The van der Waals surface area contributed by atoms with E-state index in [4.69, 9.17) is 0 Å². The van der Waals surface area contributed by atoms with Gasteiger partial charge < -0.3 is 0 Å². The van der Waals surface area contributed by atoms with Gasteiger partial charge in [0, 0.05) is 24.2 Å². The molecule has 0 saturated carbocycles. The number of hydrogen-bond acceptors (Lipinski definition) is 4. The van der Waals surface area contributed by atoms with Crippen molar-refractivity contribution in [2.75, 3.05) is 6.26 Å². The van der Waals surface area contributed by atoms with Gasteiger partial charge in [0.05, 0.1) is 4.90 Å². The molecule has 0 aliphatic heterocycles. The van der Waals surface area contributed by atoms with Gasteiger partial charge in [-0.2, -0.15) is 0 Å². The molecule has 0 aliphatic carbocycles. The topological polar surface area (TPSA) is 59.9 Å². The minimum Gasteiger partial charge on any atom is -0.237 e. The smallest absolute Gasteiger partial charge is 0.176 e. The number of sulfone groups is 1. The first-order chi connectivity index (χ1) is 7.59. The lowest BCUT2D eigenvalue weighted by molar-refractivity contribution is 0.602. The van der Waals surface area contributed by atoms with Crippen LogP contribution in [-0.4, -0.2) is 24.6 Å². The van der Waals surface area contributed by atoms with E-state index in [1.54, 1.807) is 42.7 Å². The van der Waals surface area contributed by atoms with Gasteiger partial charge in [0.25, 0.3) is 0 Å². The average Bonchev–Trinajstić information content (AvgIpc) is 2.29. The van der Waals surface area contributed by atoms with Crippen molar-refractivity contribution in [3.63, 3.8) is 0 Å². The van der Waals surface area contributed by atoms with Crippen LogP contribution in [0.5, 0.6) is 0 Å². The predicted molar refractivity (Wildman–Crippen MR) is 60.6 cm³/mol. The fraction of sp³-hybridized carbons (Fsp3) is 0.0909. The Kier molecular flexibility index (Phi) is 2.70. The van der Waals surface area contributed by atoms with Gasteiger partial charge in [-0.1, -0.05) is 12.1 Å². The molecule has 5 heteroatoms.